The van der Waals surface area contributed by atoms with Crippen LogP contribution in [0.1, 0.15) is 75.3 Å². The Morgan fingerprint density at radius 1 is 1.25 bits per heavy atom. The zero-order valence-corrected chi connectivity index (χ0v) is 14.9. The van der Waals surface area contributed by atoms with Crippen LogP contribution in [0, 0.1) is 17.3 Å². The highest BCUT2D eigenvalue weighted by atomic mass is 16.5. The second-order valence-corrected chi connectivity index (χ2v) is 8.08. The van der Waals surface area contributed by atoms with Crippen molar-refractivity contribution >= 4 is 5.71 Å². The van der Waals surface area contributed by atoms with Gasteiger partial charge in [-0.05, 0) is 79.0 Å². The standard InChI is InChI=1S/C21H29NO2/c1-3-21-10-5-4-6-19(21)18-13-20(22-23)16-8-7-14(24-2)12-17(16)15(18)9-11-21/h7-8,12,15,18-19,23H,3-6,9-11,13H2,1-2H3/b22-20+/t15-,18-,19+,21+/m1/s1. The minimum atomic E-state index is 0.538. The van der Waals surface area contributed by atoms with Gasteiger partial charge in [-0.15, -0.1) is 0 Å². The van der Waals surface area contributed by atoms with E-state index in [4.69, 9.17) is 4.74 Å². The maximum absolute atomic E-state index is 9.63. The van der Waals surface area contributed by atoms with Crippen molar-refractivity contribution in [3.63, 3.8) is 0 Å². The number of methoxy groups -OCH3 is 1. The Morgan fingerprint density at radius 2 is 2.12 bits per heavy atom. The number of ether oxygens (including phenoxy) is 1. The van der Waals surface area contributed by atoms with E-state index < -0.39 is 0 Å². The largest absolute Gasteiger partial charge is 0.497 e. The van der Waals surface area contributed by atoms with Crippen LogP contribution >= 0.6 is 0 Å². The third-order valence-electron chi connectivity index (χ3n) is 7.44. The Bertz CT molecular complexity index is 653. The topological polar surface area (TPSA) is 41.8 Å². The maximum atomic E-state index is 9.63. The summed E-state index contributed by atoms with van der Waals surface area (Å²) in [4.78, 5) is 0. The molecular formula is C21H29NO2. The Morgan fingerprint density at radius 3 is 2.88 bits per heavy atom. The number of oxime groups is 1. The lowest BCUT2D eigenvalue weighted by molar-refractivity contribution is -0.0142. The van der Waals surface area contributed by atoms with Gasteiger partial charge >= 0.3 is 0 Å². The highest BCUT2D eigenvalue weighted by Crippen LogP contribution is 2.61. The monoisotopic (exact) mass is 327 g/mol. The number of hydrogen-bond acceptors (Lipinski definition) is 3. The van der Waals surface area contributed by atoms with Gasteiger partial charge in [-0.3, -0.25) is 0 Å². The van der Waals surface area contributed by atoms with Crippen molar-refractivity contribution in [1.82, 2.24) is 0 Å². The highest BCUT2D eigenvalue weighted by Gasteiger charge is 2.51. The molecule has 1 aromatic rings. The zero-order valence-electron chi connectivity index (χ0n) is 14.9. The first-order chi connectivity index (χ1) is 11.7. The minimum Gasteiger partial charge on any atom is -0.497 e. The summed E-state index contributed by atoms with van der Waals surface area (Å²) < 4.78 is 5.47. The van der Waals surface area contributed by atoms with E-state index in [9.17, 15) is 5.21 Å². The fraction of sp³-hybridized carbons (Fsp3) is 0.667. The summed E-state index contributed by atoms with van der Waals surface area (Å²) in [6, 6.07) is 6.27. The summed E-state index contributed by atoms with van der Waals surface area (Å²) >= 11 is 0. The fourth-order valence-electron chi connectivity index (χ4n) is 6.20. The molecule has 2 saturated carbocycles. The first-order valence-electron chi connectivity index (χ1n) is 9.61. The van der Waals surface area contributed by atoms with Crippen LogP contribution in [0.2, 0.25) is 0 Å². The quantitative estimate of drug-likeness (QED) is 0.587. The Kier molecular flexibility index (Phi) is 4.06. The van der Waals surface area contributed by atoms with E-state index in [1.165, 1.54) is 50.5 Å². The Labute approximate surface area is 145 Å². The van der Waals surface area contributed by atoms with Crippen LogP contribution < -0.4 is 4.74 Å². The van der Waals surface area contributed by atoms with Gasteiger partial charge in [0.2, 0.25) is 0 Å². The summed E-state index contributed by atoms with van der Waals surface area (Å²) in [7, 11) is 1.73. The Balaban J connectivity index is 1.78. The van der Waals surface area contributed by atoms with Gasteiger partial charge < -0.3 is 9.94 Å². The molecule has 0 amide bonds. The second-order valence-electron chi connectivity index (χ2n) is 8.08. The predicted octanol–water partition coefficient (Wildman–Crippen LogP) is 5.36. The van der Waals surface area contributed by atoms with E-state index in [0.717, 1.165) is 29.4 Å². The third-order valence-corrected chi connectivity index (χ3v) is 7.44. The molecule has 3 aliphatic carbocycles. The molecule has 0 heterocycles. The van der Waals surface area contributed by atoms with Gasteiger partial charge in [0.15, 0.2) is 0 Å². The molecule has 130 valence electrons. The summed E-state index contributed by atoms with van der Waals surface area (Å²) in [6.45, 7) is 2.39. The van der Waals surface area contributed by atoms with Crippen molar-refractivity contribution in [1.29, 1.82) is 0 Å². The molecule has 1 N–H and O–H groups in total. The molecule has 0 saturated heterocycles. The molecule has 0 unspecified atom stereocenters. The summed E-state index contributed by atoms with van der Waals surface area (Å²) in [6.07, 6.45) is 10.4. The lowest BCUT2D eigenvalue weighted by Crippen LogP contribution is -2.46. The first-order valence-corrected chi connectivity index (χ1v) is 9.61. The molecule has 4 rings (SSSR count). The van der Waals surface area contributed by atoms with Gasteiger partial charge in [0.05, 0.1) is 12.8 Å². The van der Waals surface area contributed by atoms with Crippen molar-refractivity contribution in [3.8, 4) is 5.75 Å². The van der Waals surface area contributed by atoms with Crippen molar-refractivity contribution in [2.75, 3.05) is 7.11 Å². The molecule has 4 atom stereocenters. The smallest absolute Gasteiger partial charge is 0.119 e. The second kappa shape index (κ2) is 6.09. The molecule has 0 spiro atoms. The molecular weight excluding hydrogens is 298 g/mol. The van der Waals surface area contributed by atoms with Crippen LogP contribution in [0.3, 0.4) is 0 Å². The first kappa shape index (κ1) is 16.0. The summed E-state index contributed by atoms with van der Waals surface area (Å²) in [5.74, 6) is 2.93. The summed E-state index contributed by atoms with van der Waals surface area (Å²) in [5.41, 5.74) is 3.91. The number of benzene rings is 1. The van der Waals surface area contributed by atoms with E-state index in [-0.39, 0.29) is 0 Å². The Hall–Kier alpha value is -1.51. The van der Waals surface area contributed by atoms with E-state index in [1.54, 1.807) is 7.11 Å². The van der Waals surface area contributed by atoms with E-state index >= 15 is 0 Å². The number of rotatable bonds is 2. The van der Waals surface area contributed by atoms with Crippen LogP contribution in [0.25, 0.3) is 0 Å². The SMILES string of the molecule is CC[C@@]12CCCC[C@H]1[C@@H]1C/C(=N\O)c3ccc(OC)cc3[C@H]1CC2. The van der Waals surface area contributed by atoms with E-state index in [2.05, 4.69) is 24.2 Å². The van der Waals surface area contributed by atoms with Crippen LogP contribution in [0.5, 0.6) is 5.75 Å². The average molecular weight is 327 g/mol. The number of hydrogen-bond donors (Lipinski definition) is 1. The molecule has 3 aliphatic rings. The fourth-order valence-corrected chi connectivity index (χ4v) is 6.20. The molecule has 24 heavy (non-hydrogen) atoms. The van der Waals surface area contributed by atoms with Gasteiger partial charge in [-0.2, -0.15) is 0 Å². The molecule has 3 heteroatoms. The van der Waals surface area contributed by atoms with Crippen LogP contribution in [-0.4, -0.2) is 18.0 Å². The molecule has 2 fully saturated rings. The van der Waals surface area contributed by atoms with Crippen molar-refractivity contribution in [3.05, 3.63) is 29.3 Å². The van der Waals surface area contributed by atoms with Gasteiger partial charge in [-0.1, -0.05) is 31.3 Å². The zero-order chi connectivity index (χ0) is 16.7. The van der Waals surface area contributed by atoms with Gasteiger partial charge in [-0.25, -0.2) is 0 Å². The average Bonchev–Trinajstić information content (AvgIpc) is 2.66. The van der Waals surface area contributed by atoms with Gasteiger partial charge in [0.25, 0.3) is 0 Å². The van der Waals surface area contributed by atoms with Crippen molar-refractivity contribution < 1.29 is 9.94 Å². The minimum absolute atomic E-state index is 0.538. The lowest BCUT2D eigenvalue weighted by Gasteiger charge is -2.55. The molecule has 0 radical (unpaired) electrons. The van der Waals surface area contributed by atoms with Crippen molar-refractivity contribution in [2.45, 2.75) is 64.2 Å². The maximum Gasteiger partial charge on any atom is 0.119 e. The molecule has 3 nitrogen and oxygen atoms in total. The third kappa shape index (κ3) is 2.28. The van der Waals surface area contributed by atoms with Crippen LogP contribution in [0.4, 0.5) is 0 Å². The predicted molar refractivity (Wildman–Crippen MR) is 96.1 cm³/mol. The van der Waals surface area contributed by atoms with Crippen LogP contribution in [0.15, 0.2) is 23.4 Å². The molecule has 0 aromatic heterocycles. The van der Waals surface area contributed by atoms with E-state index in [1.807, 2.05) is 6.07 Å². The van der Waals surface area contributed by atoms with Gasteiger partial charge in [0.1, 0.15) is 5.75 Å². The highest BCUT2D eigenvalue weighted by molar-refractivity contribution is 6.03. The molecule has 0 aliphatic heterocycles. The lowest BCUT2D eigenvalue weighted by atomic mass is 9.49. The van der Waals surface area contributed by atoms with E-state index in [0.29, 0.717) is 17.3 Å². The molecule has 0 bridgehead atoms. The van der Waals surface area contributed by atoms with Crippen molar-refractivity contribution in [2.24, 2.45) is 22.4 Å². The van der Waals surface area contributed by atoms with Crippen LogP contribution in [-0.2, 0) is 0 Å². The number of fused-ring (bicyclic) bond motifs is 5. The molecule has 1 aromatic carbocycles. The van der Waals surface area contributed by atoms with Gasteiger partial charge in [0, 0.05) is 5.56 Å². The number of nitrogens with zero attached hydrogens (tertiary/aromatic N) is 1. The summed E-state index contributed by atoms with van der Waals surface area (Å²) in [5, 5.41) is 13.3. The normalized spacial score (nSPS) is 36.6.